The molecule has 0 unspecified atom stereocenters. The van der Waals surface area contributed by atoms with E-state index in [2.05, 4.69) is 5.10 Å². The summed E-state index contributed by atoms with van der Waals surface area (Å²) in [5.41, 5.74) is 1.83. The zero-order valence-corrected chi connectivity index (χ0v) is 5.73. The van der Waals surface area contributed by atoms with E-state index >= 15 is 0 Å². The number of hydrogen-bond donors (Lipinski definition) is 2. The van der Waals surface area contributed by atoms with E-state index in [0.29, 0.717) is 0 Å². The number of nitrogens with one attached hydrogen (secondary N) is 1. The summed E-state index contributed by atoms with van der Waals surface area (Å²) >= 11 is 0. The van der Waals surface area contributed by atoms with Gasteiger partial charge in [-0.1, -0.05) is 0 Å². The van der Waals surface area contributed by atoms with Crippen LogP contribution in [0.25, 0.3) is 0 Å². The van der Waals surface area contributed by atoms with E-state index in [9.17, 15) is 0 Å². The molecule has 0 aromatic heterocycles. The van der Waals surface area contributed by atoms with E-state index in [4.69, 9.17) is 5.21 Å². The molecule has 0 spiro atoms. The summed E-state index contributed by atoms with van der Waals surface area (Å²) in [7, 11) is 1.87. The first-order valence-electron chi connectivity index (χ1n) is 2.93. The molecule has 1 rings (SSSR count). The monoisotopic (exact) mass is 142 g/mol. The number of hydrogen-bond acceptors (Lipinski definition) is 4. The quantitative estimate of drug-likeness (QED) is 0.312. The number of hydrazine groups is 1. The van der Waals surface area contributed by atoms with Gasteiger partial charge in [0.25, 0.3) is 0 Å². The molecule has 0 saturated heterocycles. The van der Waals surface area contributed by atoms with Crippen LogP contribution < -0.4 is 5.48 Å². The van der Waals surface area contributed by atoms with Gasteiger partial charge in [-0.15, -0.1) is 5.10 Å². The van der Waals surface area contributed by atoms with Crippen LogP contribution >= 0.6 is 0 Å². The van der Waals surface area contributed by atoms with Gasteiger partial charge >= 0.3 is 0 Å². The topological polar surface area (TPSA) is 51.1 Å². The molecule has 1 heterocycles. The van der Waals surface area contributed by atoms with Gasteiger partial charge < -0.3 is 0 Å². The Morgan fingerprint density at radius 2 is 2.60 bits per heavy atom. The van der Waals surface area contributed by atoms with E-state index in [1.54, 1.807) is 5.12 Å². The molecule has 0 aromatic rings. The average Bonchev–Trinajstić information content (AvgIpc) is 2.31. The van der Waals surface area contributed by atoms with E-state index in [-0.39, 0.29) is 0 Å². The molecule has 1 aliphatic heterocycles. The Morgan fingerprint density at radius 3 is 3.10 bits per heavy atom. The molecule has 0 radical (unpaired) electrons. The molecule has 2 N–H and O–H groups in total. The Hall–Kier alpha value is -1.23. The lowest BCUT2D eigenvalue weighted by molar-refractivity contribution is 0.0833. The minimum atomic E-state index is 0.745. The summed E-state index contributed by atoms with van der Waals surface area (Å²) in [6.45, 7) is 0.745. The molecular weight excluding hydrogens is 132 g/mol. The van der Waals surface area contributed by atoms with Crippen LogP contribution in [0.5, 0.6) is 0 Å². The van der Waals surface area contributed by atoms with Crippen LogP contribution in [-0.4, -0.2) is 35.3 Å². The van der Waals surface area contributed by atoms with Gasteiger partial charge in [-0.2, -0.15) is 0 Å². The standard InChI is InChI=1S/C5H10N4O/c1-8-3-2-4-9(8)6-5-7-10/h2-3,5,10H,4H2,1H3,(H,6,7). The number of hydrazone groups is 1. The molecule has 5 nitrogen and oxygen atoms in total. The lowest BCUT2D eigenvalue weighted by Crippen LogP contribution is -2.27. The maximum absolute atomic E-state index is 8.15. The Labute approximate surface area is 59.2 Å². The first-order valence-corrected chi connectivity index (χ1v) is 2.93. The minimum Gasteiger partial charge on any atom is -0.290 e. The van der Waals surface area contributed by atoms with Crippen LogP contribution in [-0.2, 0) is 0 Å². The van der Waals surface area contributed by atoms with E-state index in [0.717, 1.165) is 6.54 Å². The zero-order valence-electron chi connectivity index (χ0n) is 5.73. The van der Waals surface area contributed by atoms with Crippen molar-refractivity contribution in [2.24, 2.45) is 5.10 Å². The zero-order chi connectivity index (χ0) is 7.40. The van der Waals surface area contributed by atoms with Crippen molar-refractivity contribution < 1.29 is 5.21 Å². The molecule has 0 aromatic carbocycles. The smallest absolute Gasteiger partial charge is 0.134 e. The SMILES string of the molecule is CN1C=CCN1/N=C/NO. The van der Waals surface area contributed by atoms with Gasteiger partial charge in [-0.25, -0.2) is 5.12 Å². The summed E-state index contributed by atoms with van der Waals surface area (Å²) in [5, 5.41) is 15.5. The predicted molar refractivity (Wildman–Crippen MR) is 37.0 cm³/mol. The first kappa shape index (κ1) is 6.88. The molecule has 0 bridgehead atoms. The van der Waals surface area contributed by atoms with Crippen LogP contribution in [0.4, 0.5) is 0 Å². The average molecular weight is 142 g/mol. The van der Waals surface area contributed by atoms with Crippen molar-refractivity contribution in [2.45, 2.75) is 0 Å². The second-order valence-corrected chi connectivity index (χ2v) is 1.89. The van der Waals surface area contributed by atoms with Crippen LogP contribution in [0.2, 0.25) is 0 Å². The van der Waals surface area contributed by atoms with Gasteiger partial charge in [0.15, 0.2) is 0 Å². The van der Waals surface area contributed by atoms with Crippen molar-refractivity contribution in [2.75, 3.05) is 13.6 Å². The van der Waals surface area contributed by atoms with Crippen molar-refractivity contribution in [1.82, 2.24) is 15.6 Å². The molecule has 0 atom stereocenters. The Morgan fingerprint density at radius 1 is 1.80 bits per heavy atom. The highest BCUT2D eigenvalue weighted by Gasteiger charge is 2.06. The van der Waals surface area contributed by atoms with Gasteiger partial charge in [-0.05, 0) is 6.08 Å². The predicted octanol–water partition coefficient (Wildman–Crippen LogP) is -0.415. The van der Waals surface area contributed by atoms with Gasteiger partial charge in [0.05, 0.1) is 6.54 Å². The highest BCUT2D eigenvalue weighted by molar-refractivity contribution is 5.51. The summed E-state index contributed by atoms with van der Waals surface area (Å²) in [5.74, 6) is 0. The van der Waals surface area contributed by atoms with Crippen molar-refractivity contribution in [1.29, 1.82) is 0 Å². The maximum Gasteiger partial charge on any atom is 0.134 e. The normalized spacial score (nSPS) is 17.4. The summed E-state index contributed by atoms with van der Waals surface area (Å²) in [4.78, 5) is 0. The molecule has 0 aliphatic carbocycles. The number of hydroxylamine groups is 1. The second-order valence-electron chi connectivity index (χ2n) is 1.89. The first-order chi connectivity index (χ1) is 4.84. The fraction of sp³-hybridized carbons (Fsp3) is 0.400. The third-order valence-corrected chi connectivity index (χ3v) is 1.20. The fourth-order valence-electron chi connectivity index (χ4n) is 0.721. The van der Waals surface area contributed by atoms with Crippen LogP contribution in [0, 0.1) is 0 Å². The van der Waals surface area contributed by atoms with Crippen LogP contribution in [0.1, 0.15) is 0 Å². The molecule has 10 heavy (non-hydrogen) atoms. The van der Waals surface area contributed by atoms with Gasteiger partial charge in [-0.3, -0.25) is 15.7 Å². The fourth-order valence-corrected chi connectivity index (χ4v) is 0.721. The third kappa shape index (κ3) is 1.38. The summed E-state index contributed by atoms with van der Waals surface area (Å²) in [6.07, 6.45) is 5.08. The van der Waals surface area contributed by atoms with Crippen LogP contribution in [0.15, 0.2) is 17.4 Å². The molecule has 0 amide bonds. The molecular formula is C5H10N4O. The number of nitrogens with zero attached hydrogens (tertiary/aromatic N) is 3. The molecule has 0 saturated carbocycles. The second kappa shape index (κ2) is 3.07. The highest BCUT2D eigenvalue weighted by Crippen LogP contribution is 2.02. The van der Waals surface area contributed by atoms with Crippen LogP contribution in [0.3, 0.4) is 0 Å². The van der Waals surface area contributed by atoms with E-state index < -0.39 is 0 Å². The summed E-state index contributed by atoms with van der Waals surface area (Å²) < 4.78 is 0. The third-order valence-electron chi connectivity index (χ3n) is 1.20. The largest absolute Gasteiger partial charge is 0.290 e. The highest BCUT2D eigenvalue weighted by atomic mass is 16.5. The van der Waals surface area contributed by atoms with Crippen molar-refractivity contribution in [3.63, 3.8) is 0 Å². The lowest BCUT2D eigenvalue weighted by Gasteiger charge is -2.20. The molecule has 5 heteroatoms. The molecule has 1 aliphatic rings. The molecule has 0 fully saturated rings. The van der Waals surface area contributed by atoms with E-state index in [1.165, 1.54) is 6.34 Å². The van der Waals surface area contributed by atoms with Gasteiger partial charge in [0.2, 0.25) is 0 Å². The van der Waals surface area contributed by atoms with Crippen molar-refractivity contribution in [3.05, 3.63) is 12.3 Å². The molecule has 56 valence electrons. The number of rotatable bonds is 2. The van der Waals surface area contributed by atoms with Gasteiger partial charge in [0, 0.05) is 13.2 Å². The van der Waals surface area contributed by atoms with E-state index in [1.807, 2.05) is 29.8 Å². The Balaban J connectivity index is 2.36. The van der Waals surface area contributed by atoms with Crippen molar-refractivity contribution in [3.8, 4) is 0 Å². The summed E-state index contributed by atoms with van der Waals surface area (Å²) in [6, 6.07) is 0. The van der Waals surface area contributed by atoms with Gasteiger partial charge in [0.1, 0.15) is 6.34 Å². The van der Waals surface area contributed by atoms with Crippen molar-refractivity contribution >= 4 is 6.34 Å². The minimum absolute atomic E-state index is 0.745. The Kier molecular flexibility index (Phi) is 2.11. The maximum atomic E-state index is 8.15. The Bertz CT molecular complexity index is 156. The lowest BCUT2D eigenvalue weighted by atomic mass is 10.6.